The Kier molecular flexibility index (Phi) is 11.6. The number of nitrogens with one attached hydrogen (secondary N) is 3. The highest BCUT2D eigenvalue weighted by Crippen LogP contribution is 2.41. The summed E-state index contributed by atoms with van der Waals surface area (Å²) in [7, 11) is 1.30. The Morgan fingerprint density at radius 3 is 2.37 bits per heavy atom. The molecule has 10 nitrogen and oxygen atoms in total. The molecule has 1 aliphatic rings. The van der Waals surface area contributed by atoms with Crippen molar-refractivity contribution in [2.45, 2.75) is 30.0 Å². The van der Waals surface area contributed by atoms with Gasteiger partial charge >= 0.3 is 5.97 Å². The maximum absolute atomic E-state index is 14.1. The van der Waals surface area contributed by atoms with E-state index in [0.29, 0.717) is 46.2 Å². The second kappa shape index (κ2) is 16.7. The zero-order chi connectivity index (χ0) is 36.6. The fraction of sp³-hybridized carbons (Fsp3) is 0.154. The number of carbonyl (C=O) groups is 5. The van der Waals surface area contributed by atoms with Crippen LogP contribution in [0.3, 0.4) is 0 Å². The Balaban J connectivity index is 1.24. The van der Waals surface area contributed by atoms with Crippen LogP contribution in [0.4, 0.5) is 10.7 Å². The predicted molar refractivity (Wildman–Crippen MR) is 205 cm³/mol. The lowest BCUT2D eigenvalue weighted by Crippen LogP contribution is -2.33. The van der Waals surface area contributed by atoms with Gasteiger partial charge in [-0.05, 0) is 76.3 Å². The van der Waals surface area contributed by atoms with Gasteiger partial charge in [0, 0.05) is 34.5 Å². The molecule has 1 atom stereocenters. The van der Waals surface area contributed by atoms with E-state index in [4.69, 9.17) is 4.74 Å². The van der Waals surface area contributed by atoms with Crippen molar-refractivity contribution in [3.8, 4) is 0 Å². The monoisotopic (exact) mass is 750 g/mol. The van der Waals surface area contributed by atoms with Gasteiger partial charge in [0.05, 0.1) is 19.2 Å². The quantitative estimate of drug-likeness (QED) is 0.0729. The van der Waals surface area contributed by atoms with Gasteiger partial charge < -0.3 is 25.6 Å². The van der Waals surface area contributed by atoms with Crippen molar-refractivity contribution in [1.29, 1.82) is 0 Å². The molecule has 4 amide bonds. The van der Waals surface area contributed by atoms with Gasteiger partial charge in [0.15, 0.2) is 0 Å². The highest BCUT2D eigenvalue weighted by Gasteiger charge is 2.32. The molecule has 6 rings (SSSR count). The number of thioether (sulfide) groups is 1. The first kappa shape index (κ1) is 36.3. The second-order valence-corrected chi connectivity index (χ2v) is 14.8. The van der Waals surface area contributed by atoms with Gasteiger partial charge in [0.25, 0.3) is 11.8 Å². The smallest absolute Gasteiger partial charge is 0.341 e. The van der Waals surface area contributed by atoms with E-state index in [1.54, 1.807) is 59.5 Å². The zero-order valence-electron chi connectivity index (χ0n) is 28.2. The molecule has 264 valence electrons. The number of nitrogens with zero attached hydrogens (tertiary/aromatic N) is 1. The van der Waals surface area contributed by atoms with Crippen LogP contribution in [0, 0.1) is 0 Å². The fourth-order valence-corrected chi connectivity index (χ4v) is 8.56. The topological polar surface area (TPSA) is 134 Å². The van der Waals surface area contributed by atoms with Gasteiger partial charge in [-0.2, -0.15) is 11.3 Å². The zero-order valence-corrected chi connectivity index (χ0v) is 30.7. The normalized spacial score (nSPS) is 13.0. The third kappa shape index (κ3) is 8.68. The molecule has 13 heteroatoms. The van der Waals surface area contributed by atoms with E-state index in [2.05, 4.69) is 16.0 Å². The van der Waals surface area contributed by atoms with Crippen LogP contribution < -0.4 is 16.0 Å². The van der Waals surface area contributed by atoms with Crippen LogP contribution in [0.5, 0.6) is 0 Å². The molecule has 52 heavy (non-hydrogen) atoms. The van der Waals surface area contributed by atoms with Crippen LogP contribution in [-0.2, 0) is 32.1 Å². The Hall–Kier alpha value is -5.50. The molecule has 1 aliphatic heterocycles. The van der Waals surface area contributed by atoms with E-state index in [0.717, 1.165) is 21.6 Å². The number of hydrogen-bond donors (Lipinski definition) is 3. The van der Waals surface area contributed by atoms with E-state index in [-0.39, 0.29) is 17.5 Å². The minimum Gasteiger partial charge on any atom is -0.465 e. The number of fused-ring (bicyclic) bond motifs is 1. The number of carbonyl (C=O) groups excluding carboxylic acids is 5. The number of ether oxygens (including phenoxy) is 1. The van der Waals surface area contributed by atoms with Gasteiger partial charge in [0.1, 0.15) is 15.9 Å². The molecular weight excluding hydrogens is 717 g/mol. The Labute approximate surface area is 312 Å². The summed E-state index contributed by atoms with van der Waals surface area (Å²) in [5.41, 5.74) is 3.53. The summed E-state index contributed by atoms with van der Waals surface area (Å²) in [5.74, 6) is -1.91. The van der Waals surface area contributed by atoms with E-state index >= 15 is 0 Å². The number of anilines is 2. The molecule has 5 aromatic rings. The number of benzene rings is 3. The summed E-state index contributed by atoms with van der Waals surface area (Å²) in [6, 6.07) is 26.8. The maximum atomic E-state index is 14.1. The molecule has 3 aromatic carbocycles. The number of methoxy groups -OCH3 is 1. The average molecular weight is 751 g/mol. The minimum absolute atomic E-state index is 0.0603. The van der Waals surface area contributed by atoms with E-state index in [1.165, 1.54) is 48.5 Å². The van der Waals surface area contributed by atoms with Crippen molar-refractivity contribution in [1.82, 2.24) is 10.2 Å². The third-order valence-electron chi connectivity index (χ3n) is 8.20. The number of hydrogen-bond acceptors (Lipinski definition) is 9. The van der Waals surface area contributed by atoms with Crippen molar-refractivity contribution >= 4 is 80.8 Å². The molecule has 0 bridgehead atoms. The number of rotatable bonds is 11. The lowest BCUT2D eigenvalue weighted by molar-refractivity contribution is -0.129. The largest absolute Gasteiger partial charge is 0.465 e. The van der Waals surface area contributed by atoms with Crippen LogP contribution >= 0.6 is 34.4 Å². The highest BCUT2D eigenvalue weighted by molar-refractivity contribution is 8.00. The summed E-state index contributed by atoms with van der Waals surface area (Å²) < 4.78 is 5.10. The minimum atomic E-state index is -0.746. The van der Waals surface area contributed by atoms with Gasteiger partial charge in [0.2, 0.25) is 11.8 Å². The van der Waals surface area contributed by atoms with E-state index < -0.39 is 23.0 Å². The first-order chi connectivity index (χ1) is 25.2. The van der Waals surface area contributed by atoms with Crippen molar-refractivity contribution in [2.24, 2.45) is 0 Å². The number of amides is 4. The molecule has 2 aromatic heterocycles. The summed E-state index contributed by atoms with van der Waals surface area (Å²) in [6.07, 6.45) is 2.09. The molecule has 0 saturated heterocycles. The molecule has 3 heterocycles. The standard InChI is InChI=1S/C39H34N4O6S3/c1-24(44)43-18-16-30-32(22-43)52-38(33(30)39(48)49-2)42-37(47)34(26-10-5-3-6-11-26)51-29-15-9-14-28(21-29)40-36(46)31(20-25-17-19-50-23-25)41-35(45)27-12-7-4-8-13-27/h3-15,17,19-21,23,34H,16,18,22H2,1-2H3,(H,40,46)(H,41,45)(H,42,47)/b31-20-. The van der Waals surface area contributed by atoms with Crippen LogP contribution in [0.2, 0.25) is 0 Å². The summed E-state index contributed by atoms with van der Waals surface area (Å²) >= 11 is 4.02. The van der Waals surface area contributed by atoms with Crippen molar-refractivity contribution in [3.63, 3.8) is 0 Å². The third-order valence-corrected chi connectivity index (χ3v) is 11.3. The van der Waals surface area contributed by atoms with Crippen molar-refractivity contribution in [2.75, 3.05) is 24.3 Å². The van der Waals surface area contributed by atoms with Gasteiger partial charge in [-0.15, -0.1) is 23.1 Å². The lowest BCUT2D eigenvalue weighted by atomic mass is 10.0. The Morgan fingerprint density at radius 2 is 1.67 bits per heavy atom. The molecule has 0 aliphatic carbocycles. The SMILES string of the molecule is COC(=O)c1c(NC(=O)C(Sc2cccc(NC(=O)/C(=C/c3ccsc3)NC(=O)c3ccccc3)c2)c2ccccc2)sc2c1CCN(C(C)=O)C2. The predicted octanol–water partition coefficient (Wildman–Crippen LogP) is 7.38. The van der Waals surface area contributed by atoms with Gasteiger partial charge in [-0.25, -0.2) is 4.79 Å². The Morgan fingerprint density at radius 1 is 0.923 bits per heavy atom. The number of thiophene rings is 2. The molecule has 1 unspecified atom stereocenters. The molecular formula is C39H34N4O6S3. The summed E-state index contributed by atoms with van der Waals surface area (Å²) in [4.78, 5) is 69.0. The van der Waals surface area contributed by atoms with Gasteiger partial charge in [-0.1, -0.05) is 54.6 Å². The summed E-state index contributed by atoms with van der Waals surface area (Å²) in [5, 5.41) is 12.0. The average Bonchev–Trinajstić information content (AvgIpc) is 3.81. The lowest BCUT2D eigenvalue weighted by Gasteiger charge is -2.25. The van der Waals surface area contributed by atoms with Crippen molar-refractivity contribution < 1.29 is 28.7 Å². The van der Waals surface area contributed by atoms with E-state index in [1.807, 2.05) is 53.2 Å². The first-order valence-corrected chi connectivity index (χ1v) is 18.9. The van der Waals surface area contributed by atoms with Gasteiger partial charge in [-0.3, -0.25) is 19.2 Å². The molecule has 0 spiro atoms. The molecule has 0 fully saturated rings. The van der Waals surface area contributed by atoms with Crippen LogP contribution in [0.15, 0.2) is 112 Å². The van der Waals surface area contributed by atoms with Crippen LogP contribution in [0.1, 0.15) is 54.5 Å². The molecule has 0 radical (unpaired) electrons. The molecule has 3 N–H and O–H groups in total. The van der Waals surface area contributed by atoms with Crippen LogP contribution in [-0.4, -0.2) is 48.2 Å². The summed E-state index contributed by atoms with van der Waals surface area (Å²) in [6.45, 7) is 2.33. The van der Waals surface area contributed by atoms with Crippen molar-refractivity contribution in [3.05, 3.63) is 140 Å². The van der Waals surface area contributed by atoms with Crippen LogP contribution in [0.25, 0.3) is 6.08 Å². The molecule has 0 saturated carbocycles. The first-order valence-electron chi connectivity index (χ1n) is 16.2. The van der Waals surface area contributed by atoms with E-state index in [9.17, 15) is 24.0 Å². The fourth-order valence-electron chi connectivity index (χ4n) is 5.60. The highest BCUT2D eigenvalue weighted by atomic mass is 32.2. The Bertz CT molecular complexity index is 2130. The second-order valence-electron chi connectivity index (χ2n) is 11.7. The maximum Gasteiger partial charge on any atom is 0.341 e. The number of esters is 1.